The number of ether oxygens (including phenoxy) is 1. The van der Waals surface area contributed by atoms with Gasteiger partial charge in [-0.3, -0.25) is 5.32 Å². The predicted octanol–water partition coefficient (Wildman–Crippen LogP) is 2.97. The molecule has 0 aliphatic rings. The molecule has 1 aromatic heterocycles. The van der Waals surface area contributed by atoms with Crippen LogP contribution in [0.2, 0.25) is 0 Å². The molecule has 1 amide bonds. The van der Waals surface area contributed by atoms with Crippen molar-refractivity contribution in [3.63, 3.8) is 0 Å². The molecule has 1 heterocycles. The lowest BCUT2D eigenvalue weighted by atomic mass is 10.2. The summed E-state index contributed by atoms with van der Waals surface area (Å²) in [5.74, 6) is 0. The zero-order valence-electron chi connectivity index (χ0n) is 12.8. The van der Waals surface area contributed by atoms with E-state index in [9.17, 15) is 13.2 Å². The minimum absolute atomic E-state index is 0.181. The van der Waals surface area contributed by atoms with E-state index in [0.717, 1.165) is 16.9 Å². The van der Waals surface area contributed by atoms with Crippen LogP contribution in [0.15, 0.2) is 40.6 Å². The third-order valence-corrected chi connectivity index (χ3v) is 6.22. The molecule has 0 spiro atoms. The van der Waals surface area contributed by atoms with Gasteiger partial charge in [-0.25, -0.2) is 17.9 Å². The van der Waals surface area contributed by atoms with E-state index in [1.807, 2.05) is 13.0 Å². The van der Waals surface area contributed by atoms with Crippen LogP contribution in [0.5, 0.6) is 0 Å². The van der Waals surface area contributed by atoms with E-state index in [1.165, 1.54) is 18.4 Å². The van der Waals surface area contributed by atoms with Crippen LogP contribution >= 0.6 is 11.3 Å². The standard InChI is InChI=1S/C15H18N2O4S2/c1-3-13-8-9-14(22-13)23(19,20)16-10-11-4-6-12(7-5-11)17-15(18)21-2/h4-9,16H,3,10H2,1-2H3,(H,17,18). The molecule has 0 unspecified atom stereocenters. The van der Waals surface area contributed by atoms with Crippen LogP contribution in [0.3, 0.4) is 0 Å². The van der Waals surface area contributed by atoms with Crippen molar-refractivity contribution in [2.45, 2.75) is 24.1 Å². The summed E-state index contributed by atoms with van der Waals surface area (Å²) >= 11 is 1.27. The number of carbonyl (C=O) groups is 1. The molecule has 2 N–H and O–H groups in total. The molecule has 2 rings (SSSR count). The summed E-state index contributed by atoms with van der Waals surface area (Å²) in [7, 11) is -2.22. The smallest absolute Gasteiger partial charge is 0.411 e. The minimum Gasteiger partial charge on any atom is -0.453 e. The maximum atomic E-state index is 12.2. The van der Waals surface area contributed by atoms with E-state index < -0.39 is 16.1 Å². The fraction of sp³-hybridized carbons (Fsp3) is 0.267. The van der Waals surface area contributed by atoms with Gasteiger partial charge < -0.3 is 4.74 Å². The first kappa shape index (κ1) is 17.5. The molecule has 0 fully saturated rings. The lowest BCUT2D eigenvalue weighted by molar-refractivity contribution is 0.187. The molecule has 0 saturated carbocycles. The van der Waals surface area contributed by atoms with Gasteiger partial charge in [0.15, 0.2) is 0 Å². The van der Waals surface area contributed by atoms with Crippen molar-refractivity contribution < 1.29 is 17.9 Å². The maximum absolute atomic E-state index is 12.2. The SMILES string of the molecule is CCc1ccc(S(=O)(=O)NCc2ccc(NC(=O)OC)cc2)s1. The molecule has 0 bridgehead atoms. The molecule has 0 aliphatic heterocycles. The third kappa shape index (κ3) is 4.78. The monoisotopic (exact) mass is 354 g/mol. The fourth-order valence-electron chi connectivity index (χ4n) is 1.82. The Balaban J connectivity index is 1.98. The average Bonchev–Trinajstić information content (AvgIpc) is 3.04. The van der Waals surface area contributed by atoms with Crippen LogP contribution in [0.4, 0.5) is 10.5 Å². The Hall–Kier alpha value is -1.90. The second-order valence-corrected chi connectivity index (χ2v) is 7.87. The Labute approximate surface area is 139 Å². The highest BCUT2D eigenvalue weighted by Gasteiger charge is 2.16. The largest absolute Gasteiger partial charge is 0.453 e. The van der Waals surface area contributed by atoms with Gasteiger partial charge in [0.1, 0.15) is 4.21 Å². The van der Waals surface area contributed by atoms with Gasteiger partial charge >= 0.3 is 6.09 Å². The van der Waals surface area contributed by atoms with Crippen molar-refractivity contribution in [1.82, 2.24) is 4.72 Å². The first-order valence-electron chi connectivity index (χ1n) is 6.97. The Kier molecular flexibility index (Phi) is 5.75. The summed E-state index contributed by atoms with van der Waals surface area (Å²) < 4.78 is 31.8. The van der Waals surface area contributed by atoms with Crippen molar-refractivity contribution in [2.24, 2.45) is 0 Å². The van der Waals surface area contributed by atoms with E-state index in [2.05, 4.69) is 14.8 Å². The van der Waals surface area contributed by atoms with E-state index >= 15 is 0 Å². The predicted molar refractivity (Wildman–Crippen MR) is 90.2 cm³/mol. The minimum atomic E-state index is -3.50. The number of carbonyl (C=O) groups excluding carboxylic acids is 1. The molecule has 1 aromatic carbocycles. The molecule has 0 atom stereocenters. The lowest BCUT2D eigenvalue weighted by Gasteiger charge is -2.07. The van der Waals surface area contributed by atoms with Gasteiger partial charge in [0.25, 0.3) is 0 Å². The van der Waals surface area contributed by atoms with E-state index in [0.29, 0.717) is 9.90 Å². The van der Waals surface area contributed by atoms with Crippen molar-refractivity contribution in [1.29, 1.82) is 0 Å². The Morgan fingerprint density at radius 3 is 2.43 bits per heavy atom. The molecule has 23 heavy (non-hydrogen) atoms. The summed E-state index contributed by atoms with van der Waals surface area (Å²) in [5.41, 5.74) is 1.37. The quantitative estimate of drug-likeness (QED) is 0.835. The molecule has 6 nitrogen and oxygen atoms in total. The number of aryl methyl sites for hydroxylation is 1. The number of thiophene rings is 1. The number of hydrogen-bond acceptors (Lipinski definition) is 5. The second kappa shape index (κ2) is 7.58. The fourth-order valence-corrected chi connectivity index (χ4v) is 4.17. The molecule has 8 heteroatoms. The third-order valence-electron chi connectivity index (χ3n) is 3.10. The number of nitrogens with one attached hydrogen (secondary N) is 2. The van der Waals surface area contributed by atoms with Crippen molar-refractivity contribution in [2.75, 3.05) is 12.4 Å². The number of anilines is 1. The first-order chi connectivity index (χ1) is 10.9. The summed E-state index contributed by atoms with van der Waals surface area (Å²) in [6.07, 6.45) is 0.261. The average molecular weight is 354 g/mol. The van der Waals surface area contributed by atoms with Crippen LogP contribution < -0.4 is 10.0 Å². The van der Waals surface area contributed by atoms with Crippen LogP contribution in [0.1, 0.15) is 17.4 Å². The van der Waals surface area contributed by atoms with Crippen molar-refractivity contribution in [3.05, 3.63) is 46.8 Å². The van der Waals surface area contributed by atoms with Gasteiger partial charge in [-0.05, 0) is 36.2 Å². The first-order valence-corrected chi connectivity index (χ1v) is 9.27. The number of amides is 1. The van der Waals surface area contributed by atoms with Crippen molar-refractivity contribution >= 4 is 33.1 Å². The Bertz CT molecular complexity index is 767. The van der Waals surface area contributed by atoms with Gasteiger partial charge in [0.2, 0.25) is 10.0 Å². The highest BCUT2D eigenvalue weighted by Crippen LogP contribution is 2.22. The van der Waals surface area contributed by atoms with Crippen LogP contribution in [0, 0.1) is 0 Å². The van der Waals surface area contributed by atoms with Gasteiger partial charge in [-0.1, -0.05) is 19.1 Å². The number of benzene rings is 1. The van der Waals surface area contributed by atoms with E-state index in [4.69, 9.17) is 0 Å². The number of hydrogen-bond donors (Lipinski definition) is 2. The lowest BCUT2D eigenvalue weighted by Crippen LogP contribution is -2.22. The number of methoxy groups -OCH3 is 1. The van der Waals surface area contributed by atoms with Crippen LogP contribution in [-0.2, 0) is 27.7 Å². The Morgan fingerprint density at radius 1 is 1.17 bits per heavy atom. The zero-order valence-corrected chi connectivity index (χ0v) is 14.5. The normalized spacial score (nSPS) is 11.2. The highest BCUT2D eigenvalue weighted by atomic mass is 32.2. The van der Waals surface area contributed by atoms with Gasteiger partial charge in [0.05, 0.1) is 7.11 Å². The number of rotatable bonds is 6. The second-order valence-electron chi connectivity index (χ2n) is 4.71. The topological polar surface area (TPSA) is 84.5 Å². The van der Waals surface area contributed by atoms with E-state index in [1.54, 1.807) is 30.3 Å². The van der Waals surface area contributed by atoms with Gasteiger partial charge in [-0.2, -0.15) is 0 Å². The van der Waals surface area contributed by atoms with Gasteiger partial charge in [0, 0.05) is 17.1 Å². The summed E-state index contributed by atoms with van der Waals surface area (Å²) in [6, 6.07) is 10.3. The van der Waals surface area contributed by atoms with Crippen LogP contribution in [0.25, 0.3) is 0 Å². The van der Waals surface area contributed by atoms with E-state index in [-0.39, 0.29) is 6.54 Å². The molecule has 0 aliphatic carbocycles. The molecular formula is C15H18N2O4S2. The highest BCUT2D eigenvalue weighted by molar-refractivity contribution is 7.91. The maximum Gasteiger partial charge on any atom is 0.411 e. The molecule has 0 radical (unpaired) electrons. The summed E-state index contributed by atoms with van der Waals surface area (Å²) in [4.78, 5) is 12.1. The zero-order chi connectivity index (χ0) is 16.9. The number of sulfonamides is 1. The molecule has 2 aromatic rings. The molecule has 124 valence electrons. The van der Waals surface area contributed by atoms with Gasteiger partial charge in [-0.15, -0.1) is 11.3 Å². The molecular weight excluding hydrogens is 336 g/mol. The summed E-state index contributed by atoms with van der Waals surface area (Å²) in [5, 5.41) is 2.53. The Morgan fingerprint density at radius 2 is 1.87 bits per heavy atom. The van der Waals surface area contributed by atoms with Crippen molar-refractivity contribution in [3.8, 4) is 0 Å². The molecule has 0 saturated heterocycles. The summed E-state index contributed by atoms with van der Waals surface area (Å²) in [6.45, 7) is 2.17. The van der Waals surface area contributed by atoms with Crippen LogP contribution in [-0.4, -0.2) is 21.6 Å².